The molecule has 1 nitrogen and oxygen atoms in total. The summed E-state index contributed by atoms with van der Waals surface area (Å²) in [7, 11) is 0. The number of benzene rings is 2. The van der Waals surface area contributed by atoms with Crippen molar-refractivity contribution in [3.05, 3.63) is 70.5 Å². The van der Waals surface area contributed by atoms with E-state index in [1.165, 1.54) is 12.1 Å². The quantitative estimate of drug-likeness (QED) is 0.806. The minimum Gasteiger partial charge on any atom is -0.298 e. The molecule has 2 aromatic rings. The van der Waals surface area contributed by atoms with Gasteiger partial charge in [-0.1, -0.05) is 48.0 Å². The van der Waals surface area contributed by atoms with Crippen LogP contribution in [-0.2, 0) is 16.6 Å². The van der Waals surface area contributed by atoms with Crippen LogP contribution in [0.25, 0.3) is 0 Å². The molecule has 0 bridgehead atoms. The largest absolute Gasteiger partial charge is 0.298 e. The average molecular weight is 291 g/mol. The van der Waals surface area contributed by atoms with E-state index in [-0.39, 0.29) is 17.2 Å². The van der Waals surface area contributed by atoms with Crippen LogP contribution in [0.3, 0.4) is 0 Å². The van der Waals surface area contributed by atoms with Crippen LogP contribution in [0.15, 0.2) is 48.5 Å². The normalized spacial score (nSPS) is 11.4. The summed E-state index contributed by atoms with van der Waals surface area (Å²) >= 11 is 5.64. The van der Waals surface area contributed by atoms with Gasteiger partial charge in [0.15, 0.2) is 0 Å². The zero-order valence-corrected chi connectivity index (χ0v) is 12.2. The molecule has 0 spiro atoms. The summed E-state index contributed by atoms with van der Waals surface area (Å²) < 4.78 is 13.4. The number of carbonyl (C=O) groups is 1. The highest BCUT2D eigenvalue weighted by Gasteiger charge is 2.29. The Morgan fingerprint density at radius 1 is 1.15 bits per heavy atom. The van der Waals surface area contributed by atoms with Gasteiger partial charge in [-0.15, -0.1) is 0 Å². The van der Waals surface area contributed by atoms with Crippen LogP contribution in [0, 0.1) is 5.82 Å². The van der Waals surface area contributed by atoms with Gasteiger partial charge in [-0.3, -0.25) is 4.79 Å². The van der Waals surface area contributed by atoms with Crippen LogP contribution in [0.2, 0.25) is 5.02 Å². The molecule has 0 atom stereocenters. The van der Waals surface area contributed by atoms with E-state index >= 15 is 0 Å². The van der Waals surface area contributed by atoms with Crippen molar-refractivity contribution in [1.82, 2.24) is 0 Å². The Labute approximate surface area is 123 Å². The van der Waals surface area contributed by atoms with Crippen LogP contribution < -0.4 is 0 Å². The third-order valence-electron chi connectivity index (χ3n) is 3.54. The zero-order chi connectivity index (χ0) is 14.8. The van der Waals surface area contributed by atoms with Gasteiger partial charge in [-0.05, 0) is 37.1 Å². The van der Waals surface area contributed by atoms with E-state index in [2.05, 4.69) is 0 Å². The van der Waals surface area contributed by atoms with Crippen molar-refractivity contribution in [2.45, 2.75) is 25.7 Å². The molecule has 0 amide bonds. The fourth-order valence-electron chi connectivity index (χ4n) is 2.07. The molecule has 0 saturated carbocycles. The Balaban J connectivity index is 2.21. The van der Waals surface area contributed by atoms with Crippen molar-refractivity contribution >= 4 is 17.4 Å². The molecule has 2 rings (SSSR count). The second-order valence-corrected chi connectivity index (χ2v) is 5.75. The van der Waals surface area contributed by atoms with E-state index in [9.17, 15) is 9.18 Å². The van der Waals surface area contributed by atoms with Gasteiger partial charge in [0.05, 0.1) is 5.02 Å². The maximum absolute atomic E-state index is 13.4. The van der Waals surface area contributed by atoms with Gasteiger partial charge in [-0.2, -0.15) is 0 Å². The van der Waals surface area contributed by atoms with Gasteiger partial charge >= 0.3 is 0 Å². The SMILES string of the molecule is CC(C)(C(=O)Cc1ccc(Cl)c(F)c1)c1ccccc1. The maximum atomic E-state index is 13.4. The van der Waals surface area contributed by atoms with Crippen molar-refractivity contribution in [2.24, 2.45) is 0 Å². The summed E-state index contributed by atoms with van der Waals surface area (Å²) in [6.07, 6.45) is 0.190. The van der Waals surface area contributed by atoms with E-state index in [1.54, 1.807) is 6.07 Å². The fraction of sp³-hybridized carbons (Fsp3) is 0.235. The zero-order valence-electron chi connectivity index (χ0n) is 11.5. The highest BCUT2D eigenvalue weighted by Crippen LogP contribution is 2.26. The van der Waals surface area contributed by atoms with Gasteiger partial charge in [-0.25, -0.2) is 4.39 Å². The number of rotatable bonds is 4. The molecule has 0 saturated heterocycles. The summed E-state index contributed by atoms with van der Waals surface area (Å²) in [5.74, 6) is -0.445. The van der Waals surface area contributed by atoms with Crippen molar-refractivity contribution in [3.63, 3.8) is 0 Å². The second-order valence-electron chi connectivity index (χ2n) is 5.34. The molecule has 0 aliphatic rings. The Kier molecular flexibility index (Phi) is 4.24. The van der Waals surface area contributed by atoms with Gasteiger partial charge in [0.25, 0.3) is 0 Å². The number of hydrogen-bond acceptors (Lipinski definition) is 1. The lowest BCUT2D eigenvalue weighted by Crippen LogP contribution is -2.30. The third-order valence-corrected chi connectivity index (χ3v) is 3.85. The second kappa shape index (κ2) is 5.76. The molecule has 0 aromatic heterocycles. The van der Waals surface area contributed by atoms with Crippen molar-refractivity contribution in [3.8, 4) is 0 Å². The lowest BCUT2D eigenvalue weighted by molar-refractivity contribution is -0.122. The third kappa shape index (κ3) is 3.07. The first-order valence-corrected chi connectivity index (χ1v) is 6.82. The highest BCUT2D eigenvalue weighted by molar-refractivity contribution is 6.30. The predicted molar refractivity (Wildman–Crippen MR) is 79.6 cm³/mol. The minimum atomic E-state index is -0.600. The number of carbonyl (C=O) groups excluding carboxylic acids is 1. The van der Waals surface area contributed by atoms with Gasteiger partial charge in [0.2, 0.25) is 0 Å². The maximum Gasteiger partial charge on any atom is 0.147 e. The molecular formula is C17H16ClFO. The Morgan fingerprint density at radius 2 is 1.80 bits per heavy atom. The molecule has 2 aromatic carbocycles. The lowest BCUT2D eigenvalue weighted by Gasteiger charge is -2.23. The lowest BCUT2D eigenvalue weighted by atomic mass is 9.78. The van der Waals surface area contributed by atoms with Crippen molar-refractivity contribution in [1.29, 1.82) is 0 Å². The van der Waals surface area contributed by atoms with Crippen LogP contribution in [-0.4, -0.2) is 5.78 Å². The Bertz CT molecular complexity index is 620. The molecule has 0 unspecified atom stereocenters. The first-order valence-electron chi connectivity index (χ1n) is 6.44. The molecule has 0 aliphatic heterocycles. The summed E-state index contributed by atoms with van der Waals surface area (Å²) in [6, 6.07) is 14.1. The summed E-state index contributed by atoms with van der Waals surface area (Å²) in [6.45, 7) is 3.77. The Hall–Kier alpha value is -1.67. The Morgan fingerprint density at radius 3 is 2.40 bits per heavy atom. The van der Waals surface area contributed by atoms with Crippen molar-refractivity contribution < 1.29 is 9.18 Å². The first-order chi connectivity index (χ1) is 9.41. The van der Waals surface area contributed by atoms with Crippen LogP contribution >= 0.6 is 11.6 Å². The minimum absolute atomic E-state index is 0.0467. The van der Waals surface area contributed by atoms with Crippen LogP contribution in [0.4, 0.5) is 4.39 Å². The predicted octanol–water partition coefficient (Wildman–Crippen LogP) is 4.57. The first kappa shape index (κ1) is 14.7. The standard InChI is InChI=1S/C17H16ClFO/c1-17(2,13-6-4-3-5-7-13)16(20)11-12-8-9-14(18)15(19)10-12/h3-10H,11H2,1-2H3. The van der Waals surface area contributed by atoms with Crippen LogP contribution in [0.1, 0.15) is 25.0 Å². The number of ketones is 1. The number of Topliss-reactive ketones (excluding diaryl/α,β-unsaturated/α-hetero) is 1. The molecule has 0 N–H and O–H groups in total. The summed E-state index contributed by atoms with van der Waals surface area (Å²) in [5, 5.41) is 0.0727. The van der Waals surface area contributed by atoms with E-state index in [0.29, 0.717) is 5.56 Å². The number of halogens is 2. The summed E-state index contributed by atoms with van der Waals surface area (Å²) in [5.41, 5.74) is 0.998. The van der Waals surface area contributed by atoms with E-state index in [0.717, 1.165) is 5.56 Å². The summed E-state index contributed by atoms with van der Waals surface area (Å²) in [4.78, 5) is 12.5. The van der Waals surface area contributed by atoms with Gasteiger partial charge < -0.3 is 0 Å². The molecule has 104 valence electrons. The molecule has 0 heterocycles. The monoisotopic (exact) mass is 290 g/mol. The molecule has 0 fully saturated rings. The molecule has 0 radical (unpaired) electrons. The van der Waals surface area contributed by atoms with E-state index in [4.69, 9.17) is 11.6 Å². The number of hydrogen-bond donors (Lipinski definition) is 0. The van der Waals surface area contributed by atoms with E-state index in [1.807, 2.05) is 44.2 Å². The topological polar surface area (TPSA) is 17.1 Å². The fourth-order valence-corrected chi connectivity index (χ4v) is 2.19. The van der Waals surface area contributed by atoms with Gasteiger partial charge in [0.1, 0.15) is 11.6 Å². The molecule has 20 heavy (non-hydrogen) atoms. The molecule has 3 heteroatoms. The molecular weight excluding hydrogens is 275 g/mol. The van der Waals surface area contributed by atoms with Crippen LogP contribution in [0.5, 0.6) is 0 Å². The highest BCUT2D eigenvalue weighted by atomic mass is 35.5. The average Bonchev–Trinajstić information content (AvgIpc) is 2.44. The van der Waals surface area contributed by atoms with E-state index < -0.39 is 11.2 Å². The van der Waals surface area contributed by atoms with Crippen molar-refractivity contribution in [2.75, 3.05) is 0 Å². The molecule has 0 aliphatic carbocycles. The van der Waals surface area contributed by atoms with Gasteiger partial charge in [0, 0.05) is 11.8 Å². The smallest absolute Gasteiger partial charge is 0.147 e.